The Morgan fingerprint density at radius 2 is 1.59 bits per heavy atom. The molecule has 27 heavy (non-hydrogen) atoms. The molecule has 8 nitrogen and oxygen atoms in total. The number of hydrogen-bond acceptors (Lipinski definition) is 5. The van der Waals surface area contributed by atoms with Gasteiger partial charge in [-0.2, -0.15) is 0 Å². The molecule has 8 heteroatoms. The summed E-state index contributed by atoms with van der Waals surface area (Å²) < 4.78 is 0. The molecule has 1 aromatic carbocycles. The molecular weight excluding hydrogens is 350 g/mol. The van der Waals surface area contributed by atoms with Crippen molar-refractivity contribution in [2.24, 2.45) is 0 Å². The first-order chi connectivity index (χ1) is 12.8. The molecule has 1 aliphatic carbocycles. The van der Waals surface area contributed by atoms with Gasteiger partial charge in [0.25, 0.3) is 11.8 Å². The van der Waals surface area contributed by atoms with Crippen molar-refractivity contribution in [2.75, 3.05) is 0 Å². The van der Waals surface area contributed by atoms with Gasteiger partial charge in [-0.1, -0.05) is 36.5 Å². The highest BCUT2D eigenvalue weighted by Crippen LogP contribution is 2.31. The number of nitrogens with zero attached hydrogens (tertiary/aromatic N) is 1. The van der Waals surface area contributed by atoms with Crippen molar-refractivity contribution in [1.29, 1.82) is 0 Å². The molecule has 1 aromatic rings. The van der Waals surface area contributed by atoms with Crippen LogP contribution in [0.4, 0.5) is 4.79 Å². The van der Waals surface area contributed by atoms with Gasteiger partial charge in [-0.25, -0.2) is 9.59 Å². The average Bonchev–Trinajstić information content (AvgIpc) is 2.87. The summed E-state index contributed by atoms with van der Waals surface area (Å²) in [7, 11) is 0. The number of hydroxylamine groups is 2. The summed E-state index contributed by atoms with van der Waals surface area (Å²) in [5.41, 5.74) is -0.871. The van der Waals surface area contributed by atoms with Gasteiger partial charge in [0.2, 0.25) is 0 Å². The third-order valence-corrected chi connectivity index (χ3v) is 4.80. The topological polar surface area (TPSA) is 105 Å². The third-order valence-electron chi connectivity index (χ3n) is 4.80. The highest BCUT2D eigenvalue weighted by molar-refractivity contribution is 6.21. The number of urea groups is 1. The number of carbonyl (C=O) groups excluding carboxylic acids is 4. The SMILES string of the molecule is CC(C)NC(=O)NC1(C(=O)ON2C(=O)c3ccccc3C2=O)CCCCC1. The van der Waals surface area contributed by atoms with Gasteiger partial charge in [-0.05, 0) is 38.8 Å². The largest absolute Gasteiger partial charge is 0.358 e. The zero-order chi connectivity index (χ0) is 19.6. The molecule has 0 radical (unpaired) electrons. The lowest BCUT2D eigenvalue weighted by atomic mass is 9.82. The molecule has 0 atom stereocenters. The van der Waals surface area contributed by atoms with E-state index in [0.717, 1.165) is 19.3 Å². The van der Waals surface area contributed by atoms with E-state index in [4.69, 9.17) is 4.84 Å². The van der Waals surface area contributed by atoms with Gasteiger partial charge in [-0.3, -0.25) is 9.59 Å². The summed E-state index contributed by atoms with van der Waals surface area (Å²) in [6.07, 6.45) is 3.19. The second-order valence-corrected chi connectivity index (χ2v) is 7.22. The predicted molar refractivity (Wildman–Crippen MR) is 95.7 cm³/mol. The summed E-state index contributed by atoms with van der Waals surface area (Å²) in [5.74, 6) is -2.15. The molecule has 3 rings (SSSR count). The lowest BCUT2D eigenvalue weighted by molar-refractivity contribution is -0.178. The first-order valence-corrected chi connectivity index (χ1v) is 9.13. The number of nitrogens with one attached hydrogen (secondary N) is 2. The van der Waals surface area contributed by atoms with Gasteiger partial charge in [0.15, 0.2) is 0 Å². The zero-order valence-corrected chi connectivity index (χ0v) is 15.4. The van der Waals surface area contributed by atoms with Gasteiger partial charge in [0.1, 0.15) is 5.54 Å². The predicted octanol–water partition coefficient (Wildman–Crippen LogP) is 2.15. The normalized spacial score (nSPS) is 18.3. The van der Waals surface area contributed by atoms with E-state index in [9.17, 15) is 19.2 Å². The van der Waals surface area contributed by atoms with Crippen LogP contribution in [0, 0.1) is 0 Å². The molecule has 0 bridgehead atoms. The molecule has 2 aliphatic rings. The number of benzene rings is 1. The lowest BCUT2D eigenvalue weighted by Crippen LogP contribution is -2.60. The molecule has 0 aromatic heterocycles. The number of rotatable bonds is 4. The maximum atomic E-state index is 12.9. The average molecular weight is 373 g/mol. The van der Waals surface area contributed by atoms with Crippen molar-refractivity contribution >= 4 is 23.8 Å². The standard InChI is InChI=1S/C19H23N3O5/c1-12(2)20-18(26)21-19(10-6-3-7-11-19)17(25)27-22-15(23)13-8-4-5-9-14(13)16(22)24/h4-5,8-9,12H,3,6-7,10-11H2,1-2H3,(H2,20,21,26). The van der Waals surface area contributed by atoms with Crippen LogP contribution in [0.1, 0.15) is 66.7 Å². The summed E-state index contributed by atoms with van der Waals surface area (Å²) >= 11 is 0. The van der Waals surface area contributed by atoms with Crippen molar-refractivity contribution in [1.82, 2.24) is 15.7 Å². The smallest absolute Gasteiger partial charge is 0.336 e. The molecular formula is C19H23N3O5. The van der Waals surface area contributed by atoms with Crippen LogP contribution >= 0.6 is 0 Å². The van der Waals surface area contributed by atoms with E-state index < -0.39 is 29.4 Å². The Morgan fingerprint density at radius 3 is 2.11 bits per heavy atom. The van der Waals surface area contributed by atoms with Crippen LogP contribution in [0.3, 0.4) is 0 Å². The minimum atomic E-state index is -1.26. The first-order valence-electron chi connectivity index (χ1n) is 9.13. The van der Waals surface area contributed by atoms with E-state index >= 15 is 0 Å². The summed E-state index contributed by atoms with van der Waals surface area (Å²) in [6, 6.07) is 5.71. The zero-order valence-electron chi connectivity index (χ0n) is 15.4. The van der Waals surface area contributed by atoms with Crippen molar-refractivity contribution in [3.8, 4) is 0 Å². The minimum absolute atomic E-state index is 0.0992. The van der Waals surface area contributed by atoms with Crippen molar-refractivity contribution in [3.63, 3.8) is 0 Å². The molecule has 1 heterocycles. The van der Waals surface area contributed by atoms with Gasteiger partial charge in [0.05, 0.1) is 11.1 Å². The quantitative estimate of drug-likeness (QED) is 0.787. The number of fused-ring (bicyclic) bond motifs is 1. The van der Waals surface area contributed by atoms with Crippen LogP contribution in [0.15, 0.2) is 24.3 Å². The lowest BCUT2D eigenvalue weighted by Gasteiger charge is -2.36. The first kappa shape index (κ1) is 18.9. The molecule has 1 fully saturated rings. The van der Waals surface area contributed by atoms with E-state index in [1.54, 1.807) is 12.1 Å². The van der Waals surface area contributed by atoms with E-state index in [-0.39, 0.29) is 17.2 Å². The van der Waals surface area contributed by atoms with Gasteiger partial charge in [0, 0.05) is 6.04 Å². The fourth-order valence-corrected chi connectivity index (χ4v) is 3.47. The van der Waals surface area contributed by atoms with E-state index in [1.165, 1.54) is 12.1 Å². The van der Waals surface area contributed by atoms with E-state index in [0.29, 0.717) is 17.9 Å². The van der Waals surface area contributed by atoms with Crippen LogP contribution in [-0.2, 0) is 9.63 Å². The molecule has 1 saturated carbocycles. The number of amides is 4. The monoisotopic (exact) mass is 373 g/mol. The van der Waals surface area contributed by atoms with Gasteiger partial charge >= 0.3 is 12.0 Å². The van der Waals surface area contributed by atoms with Crippen molar-refractivity contribution in [3.05, 3.63) is 35.4 Å². The molecule has 0 spiro atoms. The molecule has 0 unspecified atom stereocenters. The van der Waals surface area contributed by atoms with E-state index in [2.05, 4.69) is 10.6 Å². The Balaban J connectivity index is 1.78. The number of imide groups is 1. The Hall–Kier alpha value is -2.90. The van der Waals surface area contributed by atoms with Crippen LogP contribution < -0.4 is 10.6 Å². The van der Waals surface area contributed by atoms with Crippen LogP contribution in [0.5, 0.6) is 0 Å². The number of hydrogen-bond donors (Lipinski definition) is 2. The van der Waals surface area contributed by atoms with Crippen LogP contribution in [0.25, 0.3) is 0 Å². The highest BCUT2D eigenvalue weighted by atomic mass is 16.7. The summed E-state index contributed by atoms with van der Waals surface area (Å²) in [6.45, 7) is 3.62. The Labute approximate surface area is 157 Å². The van der Waals surface area contributed by atoms with Gasteiger partial charge < -0.3 is 15.5 Å². The fourth-order valence-electron chi connectivity index (χ4n) is 3.47. The van der Waals surface area contributed by atoms with Gasteiger partial charge in [-0.15, -0.1) is 0 Å². The second kappa shape index (κ2) is 7.38. The van der Waals surface area contributed by atoms with E-state index in [1.807, 2.05) is 13.8 Å². The highest BCUT2D eigenvalue weighted by Gasteiger charge is 2.47. The summed E-state index contributed by atoms with van der Waals surface area (Å²) in [5, 5.41) is 5.90. The molecule has 2 N–H and O–H groups in total. The second-order valence-electron chi connectivity index (χ2n) is 7.22. The van der Waals surface area contributed by atoms with Crippen molar-refractivity contribution in [2.45, 2.75) is 57.5 Å². The third kappa shape index (κ3) is 3.65. The summed E-state index contributed by atoms with van der Waals surface area (Å²) in [4.78, 5) is 55.2. The molecule has 4 amide bonds. The maximum Gasteiger partial charge on any atom is 0.358 e. The number of carbonyl (C=O) groups is 4. The van der Waals surface area contributed by atoms with Crippen molar-refractivity contribution < 1.29 is 24.0 Å². The molecule has 144 valence electrons. The molecule has 0 saturated heterocycles. The minimum Gasteiger partial charge on any atom is -0.336 e. The maximum absolute atomic E-state index is 12.9. The Kier molecular flexibility index (Phi) is 5.16. The molecule has 1 aliphatic heterocycles. The van der Waals surface area contributed by atoms with Crippen LogP contribution in [-0.4, -0.2) is 40.5 Å². The Bertz CT molecular complexity index is 748. The van der Waals surface area contributed by atoms with Crippen LogP contribution in [0.2, 0.25) is 0 Å². The Morgan fingerprint density at radius 1 is 1.04 bits per heavy atom. The fraction of sp³-hybridized carbons (Fsp3) is 0.474.